The zero-order valence-corrected chi connectivity index (χ0v) is 18.0. The van der Waals surface area contributed by atoms with E-state index in [0.717, 1.165) is 39.8 Å². The van der Waals surface area contributed by atoms with E-state index in [1.807, 2.05) is 0 Å². The molecule has 0 spiro atoms. The van der Waals surface area contributed by atoms with Crippen molar-refractivity contribution in [3.8, 4) is 21.1 Å². The van der Waals surface area contributed by atoms with Gasteiger partial charge in [-0.2, -0.15) is 0 Å². The zero-order chi connectivity index (χ0) is 18.8. The van der Waals surface area contributed by atoms with Gasteiger partial charge in [-0.05, 0) is 48.8 Å². The molecule has 1 N–H and O–H groups in total. The number of rotatable bonds is 6. The van der Waals surface area contributed by atoms with Crippen LogP contribution in [-0.2, 0) is 0 Å². The quantitative estimate of drug-likeness (QED) is 0.408. The van der Waals surface area contributed by atoms with Gasteiger partial charge in [0.25, 0.3) is 0 Å². The van der Waals surface area contributed by atoms with Gasteiger partial charge in [-0.25, -0.2) is 9.97 Å². The minimum Gasteiger partial charge on any atom is -0.368 e. The molecule has 0 radical (unpaired) electrons. The second-order valence-corrected chi connectivity index (χ2v) is 9.76. The maximum Gasteiger partial charge on any atom is 0.173 e. The Morgan fingerprint density at radius 3 is 2.46 bits per heavy atom. The predicted molar refractivity (Wildman–Crippen MR) is 123 cm³/mol. The zero-order valence-electron chi connectivity index (χ0n) is 15.6. The molecule has 1 aliphatic rings. The van der Waals surface area contributed by atoms with Crippen molar-refractivity contribution in [2.24, 2.45) is 0 Å². The minimum absolute atomic E-state index is 0.822. The van der Waals surface area contributed by atoms with Crippen molar-refractivity contribution < 1.29 is 0 Å². The van der Waals surface area contributed by atoms with Gasteiger partial charge in [0.05, 0.1) is 10.3 Å². The second-order valence-electron chi connectivity index (χ2n) is 7.01. The molecule has 0 bridgehead atoms. The number of thiophene rings is 3. The lowest BCUT2D eigenvalue weighted by Gasteiger charge is -2.26. The molecule has 0 amide bonds. The van der Waals surface area contributed by atoms with E-state index < -0.39 is 0 Å². The van der Waals surface area contributed by atoms with Crippen LogP contribution in [0.3, 0.4) is 0 Å². The van der Waals surface area contributed by atoms with Crippen LogP contribution >= 0.6 is 34.0 Å². The van der Waals surface area contributed by atoms with Crippen LogP contribution in [0.5, 0.6) is 0 Å². The lowest BCUT2D eigenvalue weighted by molar-refractivity contribution is 0.237. The fourth-order valence-corrected chi connectivity index (χ4v) is 6.13. The number of hydrogen-bond donors (Lipinski definition) is 1. The van der Waals surface area contributed by atoms with Crippen molar-refractivity contribution in [1.29, 1.82) is 0 Å². The summed E-state index contributed by atoms with van der Waals surface area (Å²) < 4.78 is 0. The Kier molecular flexibility index (Phi) is 5.40. The van der Waals surface area contributed by atoms with Crippen LogP contribution in [0.2, 0.25) is 0 Å². The van der Waals surface area contributed by atoms with Crippen LogP contribution in [0.1, 0.15) is 19.3 Å². The highest BCUT2D eigenvalue weighted by Gasteiger charge is 2.17. The number of likely N-dealkylation sites (tertiary alicyclic amines) is 1. The number of fused-ring (bicyclic) bond motifs is 1. The summed E-state index contributed by atoms with van der Waals surface area (Å²) in [6.45, 7) is 4.43. The summed E-state index contributed by atoms with van der Waals surface area (Å²) in [5.41, 5.74) is 1.24. The molecule has 5 heterocycles. The largest absolute Gasteiger partial charge is 0.368 e. The fraction of sp³-hybridized carbons (Fsp3) is 0.333. The normalized spacial score (nSPS) is 15.3. The molecule has 0 saturated carbocycles. The number of anilines is 1. The van der Waals surface area contributed by atoms with Crippen LogP contribution < -0.4 is 5.32 Å². The first-order chi connectivity index (χ1) is 13.9. The lowest BCUT2D eigenvalue weighted by Crippen LogP contribution is -2.33. The van der Waals surface area contributed by atoms with E-state index >= 15 is 0 Å². The van der Waals surface area contributed by atoms with Gasteiger partial charge in [0.2, 0.25) is 0 Å². The topological polar surface area (TPSA) is 41.1 Å². The summed E-state index contributed by atoms with van der Waals surface area (Å²) in [5.74, 6) is 1.79. The molecule has 28 heavy (non-hydrogen) atoms. The van der Waals surface area contributed by atoms with Crippen molar-refractivity contribution in [1.82, 2.24) is 14.9 Å². The molecular formula is C21H22N4S3. The maximum absolute atomic E-state index is 4.95. The molecule has 1 aliphatic heterocycles. The van der Waals surface area contributed by atoms with E-state index in [-0.39, 0.29) is 0 Å². The van der Waals surface area contributed by atoms with E-state index in [9.17, 15) is 0 Å². The molecule has 144 valence electrons. The highest BCUT2D eigenvalue weighted by Crippen LogP contribution is 2.40. The monoisotopic (exact) mass is 426 g/mol. The summed E-state index contributed by atoms with van der Waals surface area (Å²) in [6, 6.07) is 8.43. The Morgan fingerprint density at radius 2 is 1.71 bits per heavy atom. The molecule has 0 aliphatic carbocycles. The van der Waals surface area contributed by atoms with Crippen molar-refractivity contribution in [2.45, 2.75) is 19.3 Å². The molecule has 7 heteroatoms. The van der Waals surface area contributed by atoms with Gasteiger partial charge < -0.3 is 10.2 Å². The van der Waals surface area contributed by atoms with Gasteiger partial charge in [0, 0.05) is 28.9 Å². The van der Waals surface area contributed by atoms with Gasteiger partial charge in [0.15, 0.2) is 5.82 Å². The fourth-order valence-electron chi connectivity index (χ4n) is 3.71. The molecule has 0 unspecified atom stereocenters. The van der Waals surface area contributed by atoms with Crippen LogP contribution in [0.25, 0.3) is 31.4 Å². The van der Waals surface area contributed by atoms with Crippen LogP contribution in [0, 0.1) is 0 Å². The summed E-state index contributed by atoms with van der Waals surface area (Å²) in [7, 11) is 0. The summed E-state index contributed by atoms with van der Waals surface area (Å²) in [5, 5.41) is 11.2. The Morgan fingerprint density at radius 1 is 0.929 bits per heavy atom. The molecule has 0 atom stereocenters. The molecule has 4 aromatic heterocycles. The number of hydrogen-bond acceptors (Lipinski definition) is 7. The van der Waals surface area contributed by atoms with Gasteiger partial charge >= 0.3 is 0 Å². The lowest BCUT2D eigenvalue weighted by atomic mass is 10.1. The molecular weight excluding hydrogens is 404 g/mol. The van der Waals surface area contributed by atoms with Gasteiger partial charge in [-0.15, -0.1) is 34.0 Å². The Labute approximate surface area is 176 Å². The van der Waals surface area contributed by atoms with Gasteiger partial charge in [-0.3, -0.25) is 0 Å². The van der Waals surface area contributed by atoms with Crippen molar-refractivity contribution in [3.63, 3.8) is 0 Å². The average Bonchev–Trinajstić information content (AvgIpc) is 3.49. The van der Waals surface area contributed by atoms with E-state index in [4.69, 9.17) is 9.97 Å². The number of nitrogens with one attached hydrogen (secondary N) is 1. The smallest absolute Gasteiger partial charge is 0.173 e. The molecule has 4 nitrogen and oxygen atoms in total. The van der Waals surface area contributed by atoms with E-state index in [0.29, 0.717) is 0 Å². The second kappa shape index (κ2) is 8.29. The maximum atomic E-state index is 4.95. The number of nitrogens with zero attached hydrogens (tertiary/aromatic N) is 3. The highest BCUT2D eigenvalue weighted by molar-refractivity contribution is 7.18. The molecule has 4 aromatic rings. The van der Waals surface area contributed by atoms with E-state index in [2.05, 4.69) is 50.6 Å². The molecule has 1 saturated heterocycles. The minimum atomic E-state index is 0.822. The summed E-state index contributed by atoms with van der Waals surface area (Å²) in [4.78, 5) is 15.8. The highest BCUT2D eigenvalue weighted by atomic mass is 32.1. The first-order valence-electron chi connectivity index (χ1n) is 9.72. The molecule has 5 rings (SSSR count). The standard InChI is InChI=1S/C21H22N4S3/c1-2-9-25(10-3-1)11-8-22-20-18-15(16-6-4-12-26-16)14-28-21(18)24-19(23-20)17-7-5-13-27-17/h4-7,12-14H,1-3,8-11H2,(H,22,23,24). The number of piperidine rings is 1. The summed E-state index contributed by atoms with van der Waals surface area (Å²) >= 11 is 5.17. The Hall–Kier alpha value is -1.80. The number of aromatic nitrogens is 2. The van der Waals surface area contributed by atoms with Crippen LogP contribution in [0.4, 0.5) is 5.82 Å². The average molecular weight is 427 g/mol. The van der Waals surface area contributed by atoms with Gasteiger partial charge in [0.1, 0.15) is 10.6 Å². The van der Waals surface area contributed by atoms with Crippen molar-refractivity contribution in [3.05, 3.63) is 40.4 Å². The molecule has 1 fully saturated rings. The first kappa shape index (κ1) is 18.2. The Balaban J connectivity index is 1.49. The third-order valence-corrected chi connectivity index (χ3v) is 7.77. The Bertz CT molecular complexity index is 1030. The van der Waals surface area contributed by atoms with Crippen molar-refractivity contribution in [2.75, 3.05) is 31.5 Å². The predicted octanol–water partition coefficient (Wildman–Crippen LogP) is 6.05. The van der Waals surface area contributed by atoms with E-state index in [1.165, 1.54) is 42.8 Å². The first-order valence-corrected chi connectivity index (χ1v) is 12.4. The summed E-state index contributed by atoms with van der Waals surface area (Å²) in [6.07, 6.45) is 4.03. The van der Waals surface area contributed by atoms with E-state index in [1.54, 1.807) is 34.0 Å². The van der Waals surface area contributed by atoms with Crippen LogP contribution in [0.15, 0.2) is 40.4 Å². The third kappa shape index (κ3) is 3.72. The molecule has 0 aromatic carbocycles. The third-order valence-electron chi connectivity index (χ3n) is 5.13. The van der Waals surface area contributed by atoms with Crippen LogP contribution in [-0.4, -0.2) is 41.0 Å². The SMILES string of the molecule is c1csc(-c2nc(NCCN3CCCCC3)c3c(-c4cccs4)csc3n2)c1. The van der Waals surface area contributed by atoms with Gasteiger partial charge in [-0.1, -0.05) is 18.6 Å². The van der Waals surface area contributed by atoms with Crippen molar-refractivity contribution >= 4 is 50.0 Å².